The molecule has 0 aliphatic carbocycles. The van der Waals surface area contributed by atoms with Crippen molar-refractivity contribution in [3.8, 4) is 0 Å². The lowest BCUT2D eigenvalue weighted by atomic mass is 10.0. The Morgan fingerprint density at radius 3 is 1.07 bits per heavy atom. The van der Waals surface area contributed by atoms with Crippen LogP contribution in [0.15, 0.2) is 122 Å². The number of rotatable bonds is 43. The second-order valence-electron chi connectivity index (χ2n) is 15.8. The molecule has 5 nitrogen and oxygen atoms in total. The predicted molar refractivity (Wildman–Crippen MR) is 265 cm³/mol. The van der Waals surface area contributed by atoms with Gasteiger partial charge in [0.1, 0.15) is 6.61 Å². The highest BCUT2D eigenvalue weighted by atomic mass is 16.6. The Balaban J connectivity index is 3.70. The number of hydrogen-bond donors (Lipinski definition) is 1. The number of esters is 2. The monoisotopic (exact) mass is 843 g/mol. The first-order valence-electron chi connectivity index (χ1n) is 24.6. The Kier molecular flexibility index (Phi) is 47.6. The predicted octanol–water partition coefficient (Wildman–Crippen LogP) is 16.3. The molecule has 0 spiro atoms. The molecule has 1 atom stereocenters. The van der Waals surface area contributed by atoms with Crippen LogP contribution in [0.25, 0.3) is 0 Å². The summed E-state index contributed by atoms with van der Waals surface area (Å²) in [6.45, 7) is 3.98. The third kappa shape index (κ3) is 48.8. The molecule has 0 aromatic heterocycles. The van der Waals surface area contributed by atoms with Crippen LogP contribution in [0.5, 0.6) is 0 Å². The van der Waals surface area contributed by atoms with E-state index in [0.29, 0.717) is 12.8 Å². The van der Waals surface area contributed by atoms with E-state index in [1.165, 1.54) is 70.6 Å². The molecule has 0 aromatic carbocycles. The van der Waals surface area contributed by atoms with Crippen LogP contribution < -0.4 is 0 Å². The summed E-state index contributed by atoms with van der Waals surface area (Å²) in [7, 11) is 0. The number of aliphatic hydroxyl groups is 1. The summed E-state index contributed by atoms with van der Waals surface area (Å²) in [5.74, 6) is -0.648. The van der Waals surface area contributed by atoms with E-state index in [4.69, 9.17) is 9.47 Å². The number of carbonyl (C=O) groups is 2. The molecule has 0 radical (unpaired) electrons. The molecule has 0 fully saturated rings. The zero-order valence-electron chi connectivity index (χ0n) is 39.1. The van der Waals surface area contributed by atoms with Crippen molar-refractivity contribution in [3.05, 3.63) is 122 Å². The largest absolute Gasteiger partial charge is 0.462 e. The van der Waals surface area contributed by atoms with Crippen molar-refractivity contribution in [3.63, 3.8) is 0 Å². The molecule has 0 amide bonds. The molecule has 1 N–H and O–H groups in total. The summed E-state index contributed by atoms with van der Waals surface area (Å²) >= 11 is 0. The van der Waals surface area contributed by atoms with E-state index in [-0.39, 0.29) is 25.2 Å². The van der Waals surface area contributed by atoms with Crippen molar-refractivity contribution in [1.82, 2.24) is 0 Å². The number of carbonyl (C=O) groups excluding carboxylic acids is 2. The van der Waals surface area contributed by atoms with Crippen molar-refractivity contribution in [2.75, 3.05) is 13.2 Å². The number of ether oxygens (including phenoxy) is 2. The van der Waals surface area contributed by atoms with Crippen LogP contribution in [-0.2, 0) is 19.1 Å². The van der Waals surface area contributed by atoms with Crippen molar-refractivity contribution in [1.29, 1.82) is 0 Å². The normalized spacial score (nSPS) is 13.3. The molecule has 0 heterocycles. The quantitative estimate of drug-likeness (QED) is 0.0376. The highest BCUT2D eigenvalue weighted by Gasteiger charge is 2.16. The van der Waals surface area contributed by atoms with Crippen LogP contribution in [0.2, 0.25) is 0 Å². The van der Waals surface area contributed by atoms with E-state index in [9.17, 15) is 14.7 Å². The van der Waals surface area contributed by atoms with Crippen LogP contribution in [0.3, 0.4) is 0 Å². The smallest absolute Gasteiger partial charge is 0.306 e. The van der Waals surface area contributed by atoms with Crippen LogP contribution in [0.1, 0.15) is 200 Å². The maximum atomic E-state index is 12.2. The first-order valence-corrected chi connectivity index (χ1v) is 24.6. The van der Waals surface area contributed by atoms with Gasteiger partial charge in [-0.15, -0.1) is 0 Å². The summed E-state index contributed by atoms with van der Waals surface area (Å²) in [6, 6.07) is 0. The SMILES string of the molecule is CC/C=C\C/C=C\C/C=C\C/C=C\C/C=C\C/C=C\C/C=C\C/C=C\C/C=C\C/C=C\CCCCC(=O)OC(CO)COC(=O)CCCCCCCCCCCCCCCC. The second-order valence-corrected chi connectivity index (χ2v) is 15.8. The molecule has 0 aliphatic heterocycles. The molecule has 0 bridgehead atoms. The number of aliphatic hydroxyl groups excluding tert-OH is 1. The van der Waals surface area contributed by atoms with Crippen molar-refractivity contribution in [2.45, 2.75) is 206 Å². The lowest BCUT2D eigenvalue weighted by molar-refractivity contribution is -0.161. The van der Waals surface area contributed by atoms with Gasteiger partial charge in [-0.1, -0.05) is 219 Å². The van der Waals surface area contributed by atoms with Crippen LogP contribution >= 0.6 is 0 Å². The first kappa shape index (κ1) is 57.3. The molecule has 1 unspecified atom stereocenters. The molecule has 0 saturated heterocycles. The summed E-state index contributed by atoms with van der Waals surface area (Å²) in [5.41, 5.74) is 0. The van der Waals surface area contributed by atoms with Crippen LogP contribution in [-0.4, -0.2) is 36.4 Å². The highest BCUT2D eigenvalue weighted by molar-refractivity contribution is 5.70. The molecule has 0 rings (SSSR count). The highest BCUT2D eigenvalue weighted by Crippen LogP contribution is 2.14. The number of unbranched alkanes of at least 4 members (excludes halogenated alkanes) is 15. The Labute approximate surface area is 375 Å². The average Bonchev–Trinajstić information content (AvgIpc) is 3.26. The zero-order valence-corrected chi connectivity index (χ0v) is 39.1. The minimum atomic E-state index is -0.801. The average molecular weight is 843 g/mol. The second kappa shape index (κ2) is 50.7. The van der Waals surface area contributed by atoms with E-state index in [0.717, 1.165) is 103 Å². The van der Waals surface area contributed by atoms with E-state index >= 15 is 0 Å². The van der Waals surface area contributed by atoms with E-state index in [2.05, 4.69) is 135 Å². The van der Waals surface area contributed by atoms with Gasteiger partial charge >= 0.3 is 11.9 Å². The molecule has 5 heteroatoms. The maximum absolute atomic E-state index is 12.2. The molecule has 0 aliphatic rings. The molecule has 344 valence electrons. The summed E-state index contributed by atoms with van der Waals surface area (Å²) in [5, 5.41) is 9.59. The Morgan fingerprint density at radius 1 is 0.393 bits per heavy atom. The van der Waals surface area contributed by atoms with Crippen LogP contribution in [0, 0.1) is 0 Å². The lowest BCUT2D eigenvalue weighted by Gasteiger charge is -2.15. The van der Waals surface area contributed by atoms with Gasteiger partial charge in [0.15, 0.2) is 6.10 Å². The molecular formula is C56H90O5. The minimum absolute atomic E-state index is 0.0888. The van der Waals surface area contributed by atoms with Gasteiger partial charge in [0, 0.05) is 12.8 Å². The summed E-state index contributed by atoms with van der Waals surface area (Å²) < 4.78 is 10.6. The molecular weight excluding hydrogens is 753 g/mol. The number of allylic oxidation sites excluding steroid dienone is 20. The third-order valence-corrected chi connectivity index (χ3v) is 10.0. The van der Waals surface area contributed by atoms with Crippen molar-refractivity contribution in [2.24, 2.45) is 0 Å². The zero-order chi connectivity index (χ0) is 44.2. The Bertz CT molecular complexity index is 1270. The standard InChI is InChI=1S/C56H90O5/c1-3-5-7-9-11-13-15-17-19-20-21-22-23-24-25-26-27-28-29-30-31-32-33-34-35-36-37-39-41-43-45-47-49-51-56(59)61-54(52-57)53-60-55(58)50-48-46-44-42-40-38-18-16-14-12-10-8-6-4-2/h5,7,11,13,17,19,21-22,24-25,27-28,30-31,33-34,36-37,41,43,54,57H,3-4,6,8-10,12,14-16,18,20,23,26,29,32,35,38-40,42,44-53H2,1-2H3/b7-5-,13-11-,19-17-,22-21-,25-24-,28-27-,31-30-,34-33-,37-36-,43-41-. The minimum Gasteiger partial charge on any atom is -0.462 e. The Hall–Kier alpha value is -3.70. The van der Waals surface area contributed by atoms with Gasteiger partial charge in [-0.25, -0.2) is 0 Å². The van der Waals surface area contributed by atoms with E-state index in [1.807, 2.05) is 0 Å². The molecule has 0 saturated carbocycles. The van der Waals surface area contributed by atoms with Gasteiger partial charge in [0.05, 0.1) is 6.61 Å². The lowest BCUT2D eigenvalue weighted by Crippen LogP contribution is -2.28. The van der Waals surface area contributed by atoms with Crippen molar-refractivity contribution < 1.29 is 24.2 Å². The van der Waals surface area contributed by atoms with Gasteiger partial charge in [-0.2, -0.15) is 0 Å². The van der Waals surface area contributed by atoms with Crippen LogP contribution in [0.4, 0.5) is 0 Å². The third-order valence-electron chi connectivity index (χ3n) is 10.0. The first-order chi connectivity index (χ1) is 30.1. The van der Waals surface area contributed by atoms with Gasteiger partial charge in [-0.3, -0.25) is 9.59 Å². The maximum Gasteiger partial charge on any atom is 0.306 e. The fourth-order valence-electron chi connectivity index (χ4n) is 6.35. The fourth-order valence-corrected chi connectivity index (χ4v) is 6.35. The summed E-state index contributed by atoms with van der Waals surface area (Å²) in [6.07, 6.45) is 74.3. The molecule has 61 heavy (non-hydrogen) atoms. The van der Waals surface area contributed by atoms with Gasteiger partial charge in [0.25, 0.3) is 0 Å². The van der Waals surface area contributed by atoms with E-state index < -0.39 is 6.10 Å². The van der Waals surface area contributed by atoms with Gasteiger partial charge in [-0.05, 0) is 89.9 Å². The summed E-state index contributed by atoms with van der Waals surface area (Å²) in [4.78, 5) is 24.4. The van der Waals surface area contributed by atoms with Gasteiger partial charge in [0.2, 0.25) is 0 Å². The topological polar surface area (TPSA) is 72.8 Å². The Morgan fingerprint density at radius 2 is 0.705 bits per heavy atom. The van der Waals surface area contributed by atoms with Gasteiger partial charge < -0.3 is 14.6 Å². The van der Waals surface area contributed by atoms with E-state index in [1.54, 1.807) is 0 Å². The fraction of sp³-hybridized carbons (Fsp3) is 0.607. The number of hydrogen-bond acceptors (Lipinski definition) is 5. The molecule has 0 aromatic rings. The van der Waals surface area contributed by atoms with Crippen molar-refractivity contribution >= 4 is 11.9 Å².